The van der Waals surface area contributed by atoms with Crippen LogP contribution >= 0.6 is 11.8 Å². The minimum Gasteiger partial charge on any atom is -0.284 e. The number of rotatable bonds is 4. The van der Waals surface area contributed by atoms with Gasteiger partial charge in [-0.25, -0.2) is 0 Å². The Morgan fingerprint density at radius 3 is 2.43 bits per heavy atom. The van der Waals surface area contributed by atoms with Crippen molar-refractivity contribution in [3.05, 3.63) is 23.6 Å². The molecule has 80 valence electrons. The third-order valence-corrected chi connectivity index (χ3v) is 1.92. The average molecular weight is 223 g/mol. The van der Waals surface area contributed by atoms with E-state index < -0.39 is 11.9 Å². The van der Waals surface area contributed by atoms with Crippen molar-refractivity contribution in [2.75, 3.05) is 12.8 Å². The zero-order chi connectivity index (χ0) is 11.0. The lowest BCUT2D eigenvalue weighted by Crippen LogP contribution is -2.20. The molecule has 0 unspecified atom stereocenters. The highest BCUT2D eigenvalue weighted by molar-refractivity contribution is 8.02. The number of halogens is 3. The van der Waals surface area contributed by atoms with Gasteiger partial charge in [-0.2, -0.15) is 13.2 Å². The first-order valence-electron chi connectivity index (χ1n) is 4.01. The van der Waals surface area contributed by atoms with Gasteiger partial charge in [-0.1, -0.05) is 19.1 Å². The van der Waals surface area contributed by atoms with Crippen LogP contribution in [-0.4, -0.2) is 24.7 Å². The smallest absolute Gasteiger partial charge is 0.284 e. The molecule has 0 rings (SSSR count). The molecule has 0 amide bonds. The van der Waals surface area contributed by atoms with Gasteiger partial charge in [0.2, 0.25) is 0 Å². The molecule has 0 aliphatic rings. The van der Waals surface area contributed by atoms with Crippen molar-refractivity contribution >= 4 is 17.5 Å². The molecule has 14 heavy (non-hydrogen) atoms. The lowest BCUT2D eigenvalue weighted by molar-refractivity contribution is -0.0577. The summed E-state index contributed by atoms with van der Waals surface area (Å²) in [4.78, 5) is 3.14. The minimum absolute atomic E-state index is 0.872. The fourth-order valence-corrected chi connectivity index (χ4v) is 1.03. The number of hydrogen-bond acceptors (Lipinski definition) is 2. The van der Waals surface area contributed by atoms with Crippen LogP contribution in [0.3, 0.4) is 0 Å². The van der Waals surface area contributed by atoms with Gasteiger partial charge >= 0.3 is 6.18 Å². The van der Waals surface area contributed by atoms with Crippen molar-refractivity contribution in [3.63, 3.8) is 0 Å². The maximum atomic E-state index is 12.1. The van der Waals surface area contributed by atoms with Crippen molar-refractivity contribution < 1.29 is 13.2 Å². The van der Waals surface area contributed by atoms with E-state index >= 15 is 0 Å². The predicted molar refractivity (Wildman–Crippen MR) is 55.8 cm³/mol. The molecule has 0 N–H and O–H groups in total. The van der Waals surface area contributed by atoms with E-state index in [0.29, 0.717) is 0 Å². The van der Waals surface area contributed by atoms with Crippen LogP contribution in [0.25, 0.3) is 0 Å². The number of allylic oxidation sites excluding steroid dienone is 3. The molecule has 0 radical (unpaired) electrons. The lowest BCUT2D eigenvalue weighted by Gasteiger charge is -2.03. The molecular formula is C9H12F3NS. The standard InChI is InChI=1S/C9H12F3NS/c1-3-14-7-5-4-6-8(13-2)9(10,11)12/h4-7H,3H2,1-2H3/b6-4-,7-5+,13-8?. The summed E-state index contributed by atoms with van der Waals surface area (Å²) in [5.74, 6) is 0.901. The predicted octanol–water partition coefficient (Wildman–Crippen LogP) is 3.44. The number of aliphatic imine (C=N–C) groups is 1. The second-order valence-corrected chi connectivity index (χ2v) is 3.43. The average Bonchev–Trinajstić information content (AvgIpc) is 2.09. The molecule has 0 aliphatic heterocycles. The molecule has 0 aromatic rings. The van der Waals surface area contributed by atoms with Gasteiger partial charge in [0.15, 0.2) is 0 Å². The van der Waals surface area contributed by atoms with E-state index in [1.54, 1.807) is 11.5 Å². The number of hydrogen-bond donors (Lipinski definition) is 0. The summed E-state index contributed by atoms with van der Waals surface area (Å²) in [6, 6.07) is 0. The number of thioether (sulfide) groups is 1. The quantitative estimate of drug-likeness (QED) is 0.525. The zero-order valence-corrected chi connectivity index (χ0v) is 8.82. The van der Waals surface area contributed by atoms with Crippen LogP contribution in [0.4, 0.5) is 13.2 Å². The molecule has 0 aromatic heterocycles. The Labute approximate surface area is 85.8 Å². The Morgan fingerprint density at radius 1 is 1.36 bits per heavy atom. The number of nitrogens with zero attached hydrogens (tertiary/aromatic N) is 1. The molecule has 0 saturated heterocycles. The largest absolute Gasteiger partial charge is 0.432 e. The zero-order valence-electron chi connectivity index (χ0n) is 8.01. The second-order valence-electron chi connectivity index (χ2n) is 2.25. The monoisotopic (exact) mass is 223 g/mol. The summed E-state index contributed by atoms with van der Waals surface area (Å²) in [6.45, 7) is 1.97. The van der Waals surface area contributed by atoms with E-state index in [9.17, 15) is 13.2 Å². The van der Waals surface area contributed by atoms with E-state index in [4.69, 9.17) is 0 Å². The topological polar surface area (TPSA) is 12.4 Å². The van der Waals surface area contributed by atoms with E-state index in [-0.39, 0.29) is 0 Å². The molecule has 0 heterocycles. The van der Waals surface area contributed by atoms with Crippen molar-refractivity contribution in [1.29, 1.82) is 0 Å². The maximum Gasteiger partial charge on any atom is 0.432 e. The first-order valence-corrected chi connectivity index (χ1v) is 5.06. The van der Waals surface area contributed by atoms with Crippen molar-refractivity contribution in [1.82, 2.24) is 0 Å². The summed E-state index contributed by atoms with van der Waals surface area (Å²) in [6.07, 6.45) is -0.521. The first-order chi connectivity index (χ1) is 6.52. The molecule has 5 heteroatoms. The van der Waals surface area contributed by atoms with E-state index in [1.807, 2.05) is 6.92 Å². The van der Waals surface area contributed by atoms with Crippen LogP contribution < -0.4 is 0 Å². The second kappa shape index (κ2) is 6.70. The third-order valence-electron chi connectivity index (χ3n) is 1.24. The Balaban J connectivity index is 4.21. The summed E-state index contributed by atoms with van der Waals surface area (Å²) in [7, 11) is 1.12. The molecule has 0 fully saturated rings. The highest BCUT2D eigenvalue weighted by Crippen LogP contribution is 2.17. The normalized spacial score (nSPS) is 14.5. The fraction of sp³-hybridized carbons (Fsp3) is 0.444. The molecule has 0 aliphatic carbocycles. The molecule has 1 nitrogen and oxygen atoms in total. The third kappa shape index (κ3) is 5.85. The minimum atomic E-state index is -4.36. The summed E-state index contributed by atoms with van der Waals surface area (Å²) in [5.41, 5.74) is -0.872. The Bertz CT molecular complexity index is 241. The number of alkyl halides is 3. The van der Waals surface area contributed by atoms with Gasteiger partial charge in [0.1, 0.15) is 5.71 Å². The van der Waals surface area contributed by atoms with Gasteiger partial charge in [-0.15, -0.1) is 11.8 Å². The van der Waals surface area contributed by atoms with Gasteiger partial charge < -0.3 is 0 Å². The van der Waals surface area contributed by atoms with Gasteiger partial charge in [-0.05, 0) is 17.2 Å². The Morgan fingerprint density at radius 2 is 2.00 bits per heavy atom. The van der Waals surface area contributed by atoms with Crippen molar-refractivity contribution in [2.45, 2.75) is 13.1 Å². The molecule has 0 saturated carbocycles. The Kier molecular flexibility index (Phi) is 6.36. The van der Waals surface area contributed by atoms with Crippen molar-refractivity contribution in [2.24, 2.45) is 4.99 Å². The van der Waals surface area contributed by atoms with Crippen LogP contribution in [0.2, 0.25) is 0 Å². The van der Waals surface area contributed by atoms with Gasteiger partial charge in [-0.3, -0.25) is 4.99 Å². The maximum absolute atomic E-state index is 12.1. The van der Waals surface area contributed by atoms with Crippen LogP contribution in [0.5, 0.6) is 0 Å². The van der Waals surface area contributed by atoms with E-state index in [0.717, 1.165) is 18.9 Å². The van der Waals surface area contributed by atoms with Crippen LogP contribution in [0.1, 0.15) is 6.92 Å². The van der Waals surface area contributed by atoms with Gasteiger partial charge in [0.05, 0.1) is 0 Å². The molecular weight excluding hydrogens is 211 g/mol. The van der Waals surface area contributed by atoms with Crippen LogP contribution in [0, 0.1) is 0 Å². The molecule has 0 bridgehead atoms. The van der Waals surface area contributed by atoms with Gasteiger partial charge in [0.25, 0.3) is 0 Å². The summed E-state index contributed by atoms with van der Waals surface area (Å²) < 4.78 is 36.3. The fourth-order valence-electron chi connectivity index (χ4n) is 0.640. The van der Waals surface area contributed by atoms with E-state index in [2.05, 4.69) is 4.99 Å². The van der Waals surface area contributed by atoms with Gasteiger partial charge in [0, 0.05) is 7.05 Å². The first kappa shape index (κ1) is 13.3. The summed E-state index contributed by atoms with van der Waals surface area (Å²) >= 11 is 1.52. The lowest BCUT2D eigenvalue weighted by atomic mass is 10.3. The highest BCUT2D eigenvalue weighted by Gasteiger charge is 2.32. The van der Waals surface area contributed by atoms with Crippen LogP contribution in [-0.2, 0) is 0 Å². The van der Waals surface area contributed by atoms with Crippen molar-refractivity contribution in [3.8, 4) is 0 Å². The summed E-state index contributed by atoms with van der Waals surface area (Å²) in [5, 5.41) is 1.74. The van der Waals surface area contributed by atoms with E-state index in [1.165, 1.54) is 17.8 Å². The molecule has 0 atom stereocenters. The molecule has 0 aromatic carbocycles. The highest BCUT2D eigenvalue weighted by atomic mass is 32.2. The SMILES string of the molecule is CCS/C=C/C=C\C(=NC)C(F)(F)F. The Hall–Kier alpha value is -0.710. The molecule has 0 spiro atoms. The van der Waals surface area contributed by atoms with Crippen LogP contribution in [0.15, 0.2) is 28.6 Å².